The molecule has 0 saturated carbocycles. The highest BCUT2D eigenvalue weighted by molar-refractivity contribution is 6.09. The highest BCUT2D eigenvalue weighted by Crippen LogP contribution is 2.37. The highest BCUT2D eigenvalue weighted by atomic mass is 15.2. The first-order valence-corrected chi connectivity index (χ1v) is 14.9. The van der Waals surface area contributed by atoms with Gasteiger partial charge in [0.2, 0.25) is 0 Å². The highest BCUT2D eigenvalue weighted by Gasteiger charge is 2.15. The van der Waals surface area contributed by atoms with Crippen molar-refractivity contribution in [1.82, 2.24) is 9.55 Å². The van der Waals surface area contributed by atoms with Crippen LogP contribution in [0.4, 0.5) is 17.2 Å². The molecule has 8 aromatic rings. The largest absolute Gasteiger partial charge is 0.309 e. The first kappa shape index (κ1) is 25.8. The number of anilines is 3. The summed E-state index contributed by atoms with van der Waals surface area (Å²) in [7, 11) is 0. The molecule has 208 valence electrons. The molecule has 0 aliphatic carbocycles. The average Bonchev–Trinajstić information content (AvgIpc) is 3.44. The van der Waals surface area contributed by atoms with Crippen LogP contribution in [0.5, 0.6) is 0 Å². The van der Waals surface area contributed by atoms with Gasteiger partial charge in [-0.3, -0.25) is 4.90 Å². The predicted octanol–water partition coefficient (Wildman–Crippen LogP) is 11.0. The fourth-order valence-electron chi connectivity index (χ4n) is 6.16. The summed E-state index contributed by atoms with van der Waals surface area (Å²) in [6, 6.07) is 60.1. The Morgan fingerprint density at radius 2 is 0.932 bits per heavy atom. The molecule has 0 N–H and O–H groups in total. The SMILES string of the molecule is c1ccc(-c2ccc(N(c3ccc(-c4cccc(-n5c6ccccc6c6ccccc65)c4)cc3)c3ccccn3)cc2)cc1. The van der Waals surface area contributed by atoms with Gasteiger partial charge in [0.1, 0.15) is 5.82 Å². The third kappa shape index (κ3) is 4.61. The molecule has 0 fully saturated rings. The molecule has 8 rings (SSSR count). The van der Waals surface area contributed by atoms with Crippen LogP contribution in [0.15, 0.2) is 176 Å². The standard InChI is InChI=1S/C41H29N3/c1-2-11-30(12-3-1)31-20-24-34(25-21-31)43(41-19-8-9-28-42-41)35-26-22-32(23-27-35)33-13-10-14-36(29-33)44-39-17-6-4-15-37(39)38-16-5-7-18-40(38)44/h1-29H. The Balaban J connectivity index is 1.16. The van der Waals surface area contributed by atoms with Crippen LogP contribution in [0.25, 0.3) is 49.7 Å². The summed E-state index contributed by atoms with van der Waals surface area (Å²) < 4.78 is 2.37. The van der Waals surface area contributed by atoms with Gasteiger partial charge in [-0.1, -0.05) is 109 Å². The second-order valence-corrected chi connectivity index (χ2v) is 10.9. The van der Waals surface area contributed by atoms with E-state index < -0.39 is 0 Å². The van der Waals surface area contributed by atoms with Gasteiger partial charge >= 0.3 is 0 Å². The second-order valence-electron chi connectivity index (χ2n) is 10.9. The molecular formula is C41H29N3. The van der Waals surface area contributed by atoms with Crippen LogP contribution in [0.3, 0.4) is 0 Å². The van der Waals surface area contributed by atoms with Crippen molar-refractivity contribution in [2.45, 2.75) is 0 Å². The molecule has 0 atom stereocenters. The van der Waals surface area contributed by atoms with E-state index in [1.54, 1.807) is 0 Å². The Morgan fingerprint density at radius 3 is 1.55 bits per heavy atom. The lowest BCUT2D eigenvalue weighted by Gasteiger charge is -2.24. The molecule has 0 radical (unpaired) electrons. The van der Waals surface area contributed by atoms with Gasteiger partial charge < -0.3 is 4.57 Å². The lowest BCUT2D eigenvalue weighted by molar-refractivity contribution is 1.18. The minimum absolute atomic E-state index is 0.876. The van der Waals surface area contributed by atoms with E-state index in [4.69, 9.17) is 4.98 Å². The molecule has 2 aromatic heterocycles. The molecule has 0 unspecified atom stereocenters. The molecule has 2 heterocycles. The third-order valence-corrected chi connectivity index (χ3v) is 8.25. The van der Waals surface area contributed by atoms with Crippen LogP contribution >= 0.6 is 0 Å². The topological polar surface area (TPSA) is 21.1 Å². The molecule has 0 bridgehead atoms. The van der Waals surface area contributed by atoms with Crippen LogP contribution in [0, 0.1) is 0 Å². The molecule has 3 heteroatoms. The molecule has 3 nitrogen and oxygen atoms in total. The first-order chi connectivity index (χ1) is 21.8. The van der Waals surface area contributed by atoms with E-state index in [0.717, 1.165) is 28.4 Å². The summed E-state index contributed by atoms with van der Waals surface area (Å²) in [5.74, 6) is 0.876. The monoisotopic (exact) mass is 563 g/mol. The molecule has 44 heavy (non-hydrogen) atoms. The summed E-state index contributed by atoms with van der Waals surface area (Å²) in [6.07, 6.45) is 1.84. The van der Waals surface area contributed by atoms with Crippen molar-refractivity contribution >= 4 is 39.0 Å². The first-order valence-electron chi connectivity index (χ1n) is 14.9. The summed E-state index contributed by atoms with van der Waals surface area (Å²) in [4.78, 5) is 6.91. The van der Waals surface area contributed by atoms with Crippen molar-refractivity contribution in [3.05, 3.63) is 176 Å². The quantitative estimate of drug-likeness (QED) is 0.201. The van der Waals surface area contributed by atoms with Gasteiger partial charge in [-0.25, -0.2) is 4.98 Å². The van der Waals surface area contributed by atoms with Crippen molar-refractivity contribution < 1.29 is 0 Å². The molecule has 0 aliphatic heterocycles. The molecule has 0 amide bonds. The van der Waals surface area contributed by atoms with E-state index in [-0.39, 0.29) is 0 Å². The van der Waals surface area contributed by atoms with Crippen LogP contribution in [0.2, 0.25) is 0 Å². The second kappa shape index (κ2) is 11.0. The number of nitrogens with zero attached hydrogens (tertiary/aromatic N) is 3. The number of aromatic nitrogens is 2. The number of fused-ring (bicyclic) bond motifs is 3. The van der Waals surface area contributed by atoms with E-state index in [0.29, 0.717) is 0 Å². The lowest BCUT2D eigenvalue weighted by Crippen LogP contribution is -2.11. The van der Waals surface area contributed by atoms with Crippen molar-refractivity contribution in [3.63, 3.8) is 0 Å². The lowest BCUT2D eigenvalue weighted by atomic mass is 10.0. The zero-order valence-electron chi connectivity index (χ0n) is 24.1. The zero-order valence-corrected chi connectivity index (χ0v) is 24.1. The third-order valence-electron chi connectivity index (χ3n) is 8.25. The van der Waals surface area contributed by atoms with Gasteiger partial charge in [0.15, 0.2) is 0 Å². The van der Waals surface area contributed by atoms with Crippen molar-refractivity contribution in [1.29, 1.82) is 0 Å². The Kier molecular flexibility index (Phi) is 6.47. The van der Waals surface area contributed by atoms with Crippen LogP contribution in [-0.4, -0.2) is 9.55 Å². The maximum absolute atomic E-state index is 4.71. The summed E-state index contributed by atoms with van der Waals surface area (Å²) in [6.45, 7) is 0. The van der Waals surface area contributed by atoms with Crippen LogP contribution < -0.4 is 4.90 Å². The molecular weight excluding hydrogens is 534 g/mol. The minimum Gasteiger partial charge on any atom is -0.309 e. The van der Waals surface area contributed by atoms with Gasteiger partial charge in [-0.15, -0.1) is 0 Å². The van der Waals surface area contributed by atoms with Crippen LogP contribution in [-0.2, 0) is 0 Å². The van der Waals surface area contributed by atoms with E-state index >= 15 is 0 Å². The predicted molar refractivity (Wildman–Crippen MR) is 184 cm³/mol. The van der Waals surface area contributed by atoms with E-state index in [1.165, 1.54) is 38.5 Å². The van der Waals surface area contributed by atoms with E-state index in [9.17, 15) is 0 Å². The maximum Gasteiger partial charge on any atom is 0.137 e. The number of hydrogen-bond donors (Lipinski definition) is 0. The van der Waals surface area contributed by atoms with Gasteiger partial charge in [0.25, 0.3) is 0 Å². The van der Waals surface area contributed by atoms with Gasteiger partial charge in [0, 0.05) is 34.0 Å². The minimum atomic E-state index is 0.876. The average molecular weight is 564 g/mol. The van der Waals surface area contributed by atoms with E-state index in [1.807, 2.05) is 30.5 Å². The molecule has 0 spiro atoms. The zero-order chi connectivity index (χ0) is 29.3. The smallest absolute Gasteiger partial charge is 0.137 e. The maximum atomic E-state index is 4.71. The molecule has 6 aromatic carbocycles. The Bertz CT molecular complexity index is 2140. The Morgan fingerprint density at radius 1 is 0.409 bits per heavy atom. The molecule has 0 saturated heterocycles. The van der Waals surface area contributed by atoms with Crippen molar-refractivity contribution in [2.75, 3.05) is 4.90 Å². The Labute approximate surface area is 256 Å². The Hall–Kier alpha value is -5.93. The van der Waals surface area contributed by atoms with Crippen molar-refractivity contribution in [2.24, 2.45) is 0 Å². The van der Waals surface area contributed by atoms with E-state index in [2.05, 4.69) is 155 Å². The number of pyridine rings is 1. The van der Waals surface area contributed by atoms with Gasteiger partial charge in [-0.2, -0.15) is 0 Å². The molecule has 0 aliphatic rings. The summed E-state index contributed by atoms with van der Waals surface area (Å²) in [5, 5.41) is 2.54. The number of benzene rings is 6. The van der Waals surface area contributed by atoms with Crippen molar-refractivity contribution in [3.8, 4) is 27.9 Å². The normalized spacial score (nSPS) is 11.2. The number of para-hydroxylation sites is 2. The van der Waals surface area contributed by atoms with Gasteiger partial charge in [-0.05, 0) is 82.9 Å². The number of hydrogen-bond acceptors (Lipinski definition) is 2. The fourth-order valence-corrected chi connectivity index (χ4v) is 6.16. The van der Waals surface area contributed by atoms with Gasteiger partial charge in [0.05, 0.1) is 11.0 Å². The fraction of sp³-hybridized carbons (Fsp3) is 0. The summed E-state index contributed by atoms with van der Waals surface area (Å²) >= 11 is 0. The number of rotatable bonds is 6. The summed E-state index contributed by atoms with van der Waals surface area (Å²) in [5.41, 5.74) is 10.4. The van der Waals surface area contributed by atoms with Crippen LogP contribution in [0.1, 0.15) is 0 Å².